The molecule has 2 atom stereocenters. The van der Waals surface area contributed by atoms with Crippen molar-refractivity contribution in [3.63, 3.8) is 0 Å². The quantitative estimate of drug-likeness (QED) is 0.655. The van der Waals surface area contributed by atoms with Crippen LogP contribution in [0.2, 0.25) is 5.02 Å². The molecule has 7 nitrogen and oxygen atoms in total. The Morgan fingerprint density at radius 1 is 1.41 bits per heavy atom. The molecule has 0 saturated heterocycles. The predicted molar refractivity (Wildman–Crippen MR) is 103 cm³/mol. The van der Waals surface area contributed by atoms with Gasteiger partial charge in [-0.25, -0.2) is 18.8 Å². The number of amides is 1. The van der Waals surface area contributed by atoms with E-state index in [1.807, 2.05) is 0 Å². The van der Waals surface area contributed by atoms with Crippen LogP contribution in [0.15, 0.2) is 35.5 Å². The first-order valence-electron chi connectivity index (χ1n) is 8.81. The maximum atomic E-state index is 14.6. The third-order valence-corrected chi connectivity index (χ3v) is 4.89. The van der Waals surface area contributed by atoms with E-state index in [1.54, 1.807) is 6.07 Å². The van der Waals surface area contributed by atoms with Gasteiger partial charge in [-0.05, 0) is 24.3 Å². The van der Waals surface area contributed by atoms with Gasteiger partial charge < -0.3 is 15.8 Å². The van der Waals surface area contributed by atoms with Gasteiger partial charge >= 0.3 is 6.18 Å². The average molecular weight is 474 g/mol. The van der Waals surface area contributed by atoms with Crippen molar-refractivity contribution >= 4 is 29.2 Å². The van der Waals surface area contributed by atoms with E-state index in [0.29, 0.717) is 0 Å². The fourth-order valence-electron chi connectivity index (χ4n) is 3.10. The van der Waals surface area contributed by atoms with Gasteiger partial charge in [0.2, 0.25) is 0 Å². The van der Waals surface area contributed by atoms with Gasteiger partial charge in [-0.1, -0.05) is 11.6 Å². The van der Waals surface area contributed by atoms with Crippen LogP contribution >= 0.6 is 11.6 Å². The maximum Gasteiger partial charge on any atom is 0.411 e. The summed E-state index contributed by atoms with van der Waals surface area (Å²) in [5, 5.41) is 11.0. The summed E-state index contributed by atoms with van der Waals surface area (Å²) in [6.45, 7) is -1.55. The molecule has 32 heavy (non-hydrogen) atoms. The van der Waals surface area contributed by atoms with Gasteiger partial charge in [0.25, 0.3) is 11.9 Å². The lowest BCUT2D eigenvalue weighted by atomic mass is 9.86. The highest BCUT2D eigenvalue weighted by atomic mass is 35.5. The largest absolute Gasteiger partial charge is 0.451 e. The first-order valence-corrected chi connectivity index (χ1v) is 9.19. The van der Waals surface area contributed by atoms with Gasteiger partial charge in [0.15, 0.2) is 11.6 Å². The van der Waals surface area contributed by atoms with Crippen molar-refractivity contribution in [2.75, 3.05) is 12.0 Å². The average Bonchev–Trinajstić information content (AvgIpc) is 2.73. The van der Waals surface area contributed by atoms with E-state index in [0.717, 1.165) is 24.4 Å². The number of carbonyl (C=O) groups excluding carboxylic acids is 1. The molecule has 2 heterocycles. The highest BCUT2D eigenvalue weighted by Crippen LogP contribution is 2.42. The van der Waals surface area contributed by atoms with Gasteiger partial charge in [-0.15, -0.1) is 0 Å². The Morgan fingerprint density at radius 3 is 2.72 bits per heavy atom. The Morgan fingerprint density at radius 2 is 2.12 bits per heavy atom. The Labute approximate surface area is 182 Å². The molecule has 0 fully saturated rings. The second-order valence-electron chi connectivity index (χ2n) is 6.77. The number of hydrogen-bond acceptors (Lipinski definition) is 6. The molecule has 2 aromatic rings. The molecule has 3 N–H and O–H groups in total. The molecular weight excluding hydrogens is 461 g/mol. The van der Waals surface area contributed by atoms with E-state index >= 15 is 0 Å². The molecule has 13 heteroatoms. The predicted octanol–water partition coefficient (Wildman–Crippen LogP) is 3.83. The topological polar surface area (TPSA) is 113 Å². The summed E-state index contributed by atoms with van der Waals surface area (Å²) < 4.78 is 73.2. The number of hydrogen-bond donors (Lipinski definition) is 2. The molecule has 1 aliphatic rings. The van der Waals surface area contributed by atoms with Crippen LogP contribution in [-0.2, 0) is 10.3 Å². The van der Waals surface area contributed by atoms with Crippen molar-refractivity contribution < 1.29 is 31.5 Å². The Kier molecular flexibility index (Phi) is 6.23. The summed E-state index contributed by atoms with van der Waals surface area (Å²) in [7, 11) is 0. The first-order chi connectivity index (χ1) is 15.0. The summed E-state index contributed by atoms with van der Waals surface area (Å²) in [6.07, 6.45) is -4.83. The number of rotatable bonds is 4. The molecule has 3 rings (SSSR count). The van der Waals surface area contributed by atoms with Gasteiger partial charge in [0.1, 0.15) is 24.3 Å². The number of anilines is 1. The third-order valence-electron chi connectivity index (χ3n) is 4.60. The number of alkyl halides is 4. The molecular formula is C19H13ClF5N5O2. The van der Waals surface area contributed by atoms with Crippen LogP contribution in [0.5, 0.6) is 0 Å². The van der Waals surface area contributed by atoms with Crippen molar-refractivity contribution in [1.82, 2.24) is 4.98 Å². The summed E-state index contributed by atoms with van der Waals surface area (Å²) >= 11 is 5.93. The van der Waals surface area contributed by atoms with Crippen LogP contribution < -0.4 is 11.1 Å². The number of ether oxygens (including phenoxy) is 1. The normalized spacial score (nSPS) is 20.7. The Balaban J connectivity index is 1.95. The number of nitrogens with zero attached hydrogens (tertiary/aromatic N) is 3. The summed E-state index contributed by atoms with van der Waals surface area (Å²) in [6, 6.07) is 2.49. The van der Waals surface area contributed by atoms with Crippen LogP contribution in [-0.4, -0.2) is 35.8 Å². The lowest BCUT2D eigenvalue weighted by Crippen LogP contribution is -2.48. The number of aliphatic imine (C=N–C) groups is 1. The van der Waals surface area contributed by atoms with Crippen LogP contribution in [0.1, 0.15) is 28.0 Å². The number of nitrogens with two attached hydrogens (primary N) is 1. The van der Waals surface area contributed by atoms with E-state index in [-0.39, 0.29) is 22.0 Å². The Hall–Kier alpha value is -3.46. The van der Waals surface area contributed by atoms with Crippen molar-refractivity contribution in [3.05, 3.63) is 58.1 Å². The summed E-state index contributed by atoms with van der Waals surface area (Å²) in [5.74, 6) is -1.93. The van der Waals surface area contributed by atoms with Crippen LogP contribution in [0.25, 0.3) is 0 Å². The van der Waals surface area contributed by atoms with E-state index in [9.17, 15) is 26.7 Å². The summed E-state index contributed by atoms with van der Waals surface area (Å²) in [4.78, 5) is 19.4. The van der Waals surface area contributed by atoms with Gasteiger partial charge in [0.05, 0.1) is 10.6 Å². The molecule has 1 aromatic heterocycles. The zero-order valence-electron chi connectivity index (χ0n) is 15.9. The van der Waals surface area contributed by atoms with Crippen LogP contribution in [0, 0.1) is 17.1 Å². The van der Waals surface area contributed by atoms with E-state index < -0.39 is 54.2 Å². The smallest absolute Gasteiger partial charge is 0.411 e. The second-order valence-corrected chi connectivity index (χ2v) is 7.18. The second kappa shape index (κ2) is 8.58. The zero-order chi connectivity index (χ0) is 23.7. The van der Waals surface area contributed by atoms with Gasteiger partial charge in [-0.2, -0.15) is 18.4 Å². The first kappa shape index (κ1) is 23.2. The molecule has 0 aliphatic carbocycles. The molecule has 1 aliphatic heterocycles. The lowest BCUT2D eigenvalue weighted by Gasteiger charge is -2.38. The molecule has 0 spiro atoms. The zero-order valence-corrected chi connectivity index (χ0v) is 16.6. The minimum Gasteiger partial charge on any atom is -0.451 e. The van der Waals surface area contributed by atoms with E-state index in [1.165, 1.54) is 6.07 Å². The fourth-order valence-corrected chi connectivity index (χ4v) is 3.35. The number of amidine groups is 1. The van der Waals surface area contributed by atoms with Crippen molar-refractivity contribution in [3.8, 4) is 6.07 Å². The molecule has 1 amide bonds. The van der Waals surface area contributed by atoms with Crippen LogP contribution in [0.4, 0.5) is 27.6 Å². The monoisotopic (exact) mass is 473 g/mol. The van der Waals surface area contributed by atoms with E-state index in [2.05, 4.69) is 15.3 Å². The number of carbonyl (C=O) groups is 1. The fraction of sp³-hybridized carbons (Fsp3) is 0.263. The number of halogens is 6. The molecule has 168 valence electrons. The van der Waals surface area contributed by atoms with Gasteiger partial charge in [0, 0.05) is 23.9 Å². The van der Waals surface area contributed by atoms with Crippen molar-refractivity contribution in [2.45, 2.75) is 24.2 Å². The van der Waals surface area contributed by atoms with Crippen molar-refractivity contribution in [1.29, 1.82) is 5.26 Å². The van der Waals surface area contributed by atoms with Crippen molar-refractivity contribution in [2.24, 2.45) is 10.7 Å². The van der Waals surface area contributed by atoms with Crippen LogP contribution in [0.3, 0.4) is 0 Å². The Bertz CT molecular complexity index is 1130. The highest BCUT2D eigenvalue weighted by Gasteiger charge is 2.52. The lowest BCUT2D eigenvalue weighted by molar-refractivity contribution is -0.167. The maximum absolute atomic E-state index is 14.6. The molecule has 0 unspecified atom stereocenters. The third kappa shape index (κ3) is 4.57. The number of pyridine rings is 1. The minimum atomic E-state index is -4.87. The number of nitriles is 1. The number of nitrogens with one attached hydrogen (secondary N) is 1. The highest BCUT2D eigenvalue weighted by molar-refractivity contribution is 6.34. The molecule has 0 saturated carbocycles. The summed E-state index contributed by atoms with van der Waals surface area (Å²) in [5.41, 5.74) is 2.05. The number of aromatic nitrogens is 1. The standard InChI is InChI=1S/C19H13ClF5N5O2/c20-12-3-9(6-26)7-28-15(12)16(31)29-10-1-2-13(22)11(4-10)18(8-21)5-14(19(23,24)25)30-17(27)32-18/h1-4,7,14H,5,8H2,(H2,27,30)(H,29,31)/t14-,18+/m0/s1. The molecule has 1 aromatic carbocycles. The molecule has 0 bridgehead atoms. The number of benzene rings is 1. The van der Waals surface area contributed by atoms with E-state index in [4.69, 9.17) is 27.3 Å². The minimum absolute atomic E-state index is 0.102. The molecule has 0 radical (unpaired) electrons. The SMILES string of the molecule is N#Cc1cnc(C(=O)Nc2ccc(F)c([C@]3(CF)C[C@@H](C(F)(F)F)N=C(N)O3)c2)c(Cl)c1. The van der Waals surface area contributed by atoms with Gasteiger partial charge in [-0.3, -0.25) is 4.79 Å².